The van der Waals surface area contributed by atoms with E-state index in [9.17, 15) is 4.79 Å². The summed E-state index contributed by atoms with van der Waals surface area (Å²) in [5.41, 5.74) is 5.72. The molecule has 0 spiro atoms. The number of hydrogen-bond donors (Lipinski definition) is 2. The summed E-state index contributed by atoms with van der Waals surface area (Å²) >= 11 is 0. The Bertz CT molecular complexity index is 336. The average Bonchev–Trinajstić information content (AvgIpc) is 2.25. The lowest BCUT2D eigenvalue weighted by molar-refractivity contribution is -0.123. The van der Waals surface area contributed by atoms with Crippen molar-refractivity contribution in [2.75, 3.05) is 6.61 Å². The van der Waals surface area contributed by atoms with Gasteiger partial charge in [-0.15, -0.1) is 0 Å². The number of rotatable bonds is 5. The molecule has 4 heteroatoms. The van der Waals surface area contributed by atoms with Crippen LogP contribution in [0.3, 0.4) is 0 Å². The highest BCUT2D eigenvalue weighted by atomic mass is 16.5. The fourth-order valence-electron chi connectivity index (χ4n) is 0.878. The molecule has 0 fully saturated rings. The van der Waals surface area contributed by atoms with Gasteiger partial charge in [-0.1, -0.05) is 24.8 Å². The number of ether oxygens (including phenoxy) is 1. The minimum atomic E-state index is -0.248. The zero-order valence-electron chi connectivity index (χ0n) is 8.62. The van der Waals surface area contributed by atoms with E-state index >= 15 is 0 Å². The van der Waals surface area contributed by atoms with Gasteiger partial charge in [0, 0.05) is 5.70 Å². The van der Waals surface area contributed by atoms with Gasteiger partial charge in [0.2, 0.25) is 0 Å². The molecule has 0 bridgehead atoms. The summed E-state index contributed by atoms with van der Waals surface area (Å²) in [6.45, 7) is 5.30. The third-order valence-electron chi connectivity index (χ3n) is 1.53. The van der Waals surface area contributed by atoms with Gasteiger partial charge in [-0.2, -0.15) is 0 Å². The first-order chi connectivity index (χ1) is 7.18. The van der Waals surface area contributed by atoms with Crippen LogP contribution in [0.1, 0.15) is 6.92 Å². The fourth-order valence-corrected chi connectivity index (χ4v) is 0.878. The van der Waals surface area contributed by atoms with Gasteiger partial charge in [0.15, 0.2) is 6.61 Å². The maximum Gasteiger partial charge on any atom is 0.276 e. The van der Waals surface area contributed by atoms with Crippen LogP contribution in [0.25, 0.3) is 0 Å². The average molecular weight is 206 g/mol. The molecule has 15 heavy (non-hydrogen) atoms. The van der Waals surface area contributed by atoms with E-state index in [1.54, 1.807) is 19.1 Å². The molecule has 0 heterocycles. The van der Waals surface area contributed by atoms with Crippen LogP contribution in [0.15, 0.2) is 42.6 Å². The second-order valence-corrected chi connectivity index (χ2v) is 3.06. The number of carbonyl (C=O) groups is 1. The minimum absolute atomic E-state index is 0.0235. The van der Waals surface area contributed by atoms with Crippen LogP contribution >= 0.6 is 0 Å². The van der Waals surface area contributed by atoms with E-state index in [1.165, 1.54) is 0 Å². The molecule has 0 atom stereocenters. The van der Waals surface area contributed by atoms with Gasteiger partial charge in [-0.05, 0) is 19.1 Å². The van der Waals surface area contributed by atoms with Gasteiger partial charge in [0.25, 0.3) is 5.91 Å². The SMILES string of the molecule is C=C(C)NNC(=O)COc1ccccc1. The van der Waals surface area contributed by atoms with Crippen LogP contribution in [-0.2, 0) is 4.79 Å². The number of amides is 1. The number of hydrogen-bond acceptors (Lipinski definition) is 3. The topological polar surface area (TPSA) is 50.4 Å². The number of carbonyl (C=O) groups excluding carboxylic acids is 1. The van der Waals surface area contributed by atoms with E-state index in [2.05, 4.69) is 17.4 Å². The Balaban J connectivity index is 2.26. The summed E-state index contributed by atoms with van der Waals surface area (Å²) in [5, 5.41) is 0. The first-order valence-corrected chi connectivity index (χ1v) is 4.56. The summed E-state index contributed by atoms with van der Waals surface area (Å²) in [6.07, 6.45) is 0. The van der Waals surface area contributed by atoms with E-state index in [0.717, 1.165) is 0 Å². The van der Waals surface area contributed by atoms with E-state index in [-0.39, 0.29) is 12.5 Å². The van der Waals surface area contributed by atoms with Crippen molar-refractivity contribution in [2.45, 2.75) is 6.92 Å². The highest BCUT2D eigenvalue weighted by Gasteiger charge is 2.00. The summed E-state index contributed by atoms with van der Waals surface area (Å²) in [5.74, 6) is 0.421. The van der Waals surface area contributed by atoms with Crippen LogP contribution in [0.2, 0.25) is 0 Å². The van der Waals surface area contributed by atoms with Gasteiger partial charge in [-0.25, -0.2) is 0 Å². The summed E-state index contributed by atoms with van der Waals surface area (Å²) in [4.78, 5) is 11.2. The van der Waals surface area contributed by atoms with Crippen molar-refractivity contribution in [1.29, 1.82) is 0 Å². The predicted octanol–water partition coefficient (Wildman–Crippen LogP) is 1.22. The molecular weight excluding hydrogens is 192 g/mol. The minimum Gasteiger partial charge on any atom is -0.484 e. The molecule has 0 aliphatic heterocycles. The molecule has 2 N–H and O–H groups in total. The first-order valence-electron chi connectivity index (χ1n) is 4.56. The molecular formula is C11H14N2O2. The molecule has 0 unspecified atom stereocenters. The molecule has 0 aliphatic rings. The number of allylic oxidation sites excluding steroid dienone is 1. The Morgan fingerprint density at radius 2 is 2.00 bits per heavy atom. The molecule has 1 rings (SSSR count). The van der Waals surface area contributed by atoms with Crippen LogP contribution in [-0.4, -0.2) is 12.5 Å². The van der Waals surface area contributed by atoms with Crippen LogP contribution in [0.5, 0.6) is 5.75 Å². The second-order valence-electron chi connectivity index (χ2n) is 3.06. The quantitative estimate of drug-likeness (QED) is 0.712. The van der Waals surface area contributed by atoms with Crippen LogP contribution < -0.4 is 15.6 Å². The number of benzene rings is 1. The largest absolute Gasteiger partial charge is 0.484 e. The third-order valence-corrected chi connectivity index (χ3v) is 1.53. The molecule has 4 nitrogen and oxygen atoms in total. The molecule has 0 saturated carbocycles. The highest BCUT2D eigenvalue weighted by molar-refractivity contribution is 5.77. The molecule has 1 amide bonds. The summed E-state index contributed by atoms with van der Waals surface area (Å²) in [6, 6.07) is 9.16. The molecule has 0 radical (unpaired) electrons. The molecule has 0 saturated heterocycles. The molecule has 80 valence electrons. The van der Waals surface area contributed by atoms with E-state index in [1.807, 2.05) is 18.2 Å². The zero-order valence-corrected chi connectivity index (χ0v) is 8.62. The van der Waals surface area contributed by atoms with E-state index in [0.29, 0.717) is 11.4 Å². The van der Waals surface area contributed by atoms with Gasteiger partial charge in [0.1, 0.15) is 5.75 Å². The molecule has 0 aliphatic carbocycles. The van der Waals surface area contributed by atoms with Gasteiger partial charge < -0.3 is 10.2 Å². The molecule has 1 aromatic carbocycles. The third kappa shape index (κ3) is 4.71. The highest BCUT2D eigenvalue weighted by Crippen LogP contribution is 2.07. The number of hydrazine groups is 1. The summed E-state index contributed by atoms with van der Waals surface area (Å²) in [7, 11) is 0. The maximum atomic E-state index is 11.2. The van der Waals surface area contributed by atoms with E-state index < -0.39 is 0 Å². The van der Waals surface area contributed by atoms with Crippen LogP contribution in [0.4, 0.5) is 0 Å². The fraction of sp³-hybridized carbons (Fsp3) is 0.182. The van der Waals surface area contributed by atoms with Crippen molar-refractivity contribution >= 4 is 5.91 Å². The van der Waals surface area contributed by atoms with Crippen molar-refractivity contribution in [1.82, 2.24) is 10.9 Å². The lowest BCUT2D eigenvalue weighted by Gasteiger charge is -2.08. The van der Waals surface area contributed by atoms with Crippen LogP contribution in [0, 0.1) is 0 Å². The smallest absolute Gasteiger partial charge is 0.276 e. The molecule has 1 aromatic rings. The summed E-state index contributed by atoms with van der Waals surface area (Å²) < 4.78 is 5.22. The first kappa shape index (κ1) is 11.1. The van der Waals surface area contributed by atoms with Crippen molar-refractivity contribution in [2.24, 2.45) is 0 Å². The van der Waals surface area contributed by atoms with E-state index in [4.69, 9.17) is 4.74 Å². The maximum absolute atomic E-state index is 11.2. The van der Waals surface area contributed by atoms with Crippen molar-refractivity contribution in [3.05, 3.63) is 42.6 Å². The van der Waals surface area contributed by atoms with Crippen molar-refractivity contribution in [3.63, 3.8) is 0 Å². The lowest BCUT2D eigenvalue weighted by Crippen LogP contribution is -2.38. The Morgan fingerprint density at radius 3 is 2.60 bits per heavy atom. The normalized spacial score (nSPS) is 9.13. The van der Waals surface area contributed by atoms with Gasteiger partial charge in [-0.3, -0.25) is 10.2 Å². The number of para-hydroxylation sites is 1. The Labute approximate surface area is 88.9 Å². The Morgan fingerprint density at radius 1 is 1.33 bits per heavy atom. The Hall–Kier alpha value is -1.97. The monoisotopic (exact) mass is 206 g/mol. The van der Waals surface area contributed by atoms with Crippen molar-refractivity contribution in [3.8, 4) is 5.75 Å². The Kier molecular flexibility index (Phi) is 4.22. The molecule has 0 aromatic heterocycles. The number of nitrogens with one attached hydrogen (secondary N) is 2. The standard InChI is InChI=1S/C11H14N2O2/c1-9(2)12-13-11(14)8-15-10-6-4-3-5-7-10/h3-7,12H,1,8H2,2H3,(H,13,14). The van der Waals surface area contributed by atoms with Gasteiger partial charge >= 0.3 is 0 Å². The van der Waals surface area contributed by atoms with Gasteiger partial charge in [0.05, 0.1) is 0 Å². The zero-order chi connectivity index (χ0) is 11.1. The lowest BCUT2D eigenvalue weighted by atomic mass is 10.3. The second kappa shape index (κ2) is 5.70. The van der Waals surface area contributed by atoms with Crippen molar-refractivity contribution < 1.29 is 9.53 Å². The predicted molar refractivity (Wildman–Crippen MR) is 58.0 cm³/mol.